The number of thiazole rings is 1. The molecule has 15 aromatic rings. The number of rotatable bonds is 14. The molecule has 0 bridgehead atoms. The van der Waals surface area contributed by atoms with Crippen LogP contribution in [0, 0.1) is 35.9 Å². The van der Waals surface area contributed by atoms with Gasteiger partial charge >= 0.3 is 7.54 Å². The van der Waals surface area contributed by atoms with Crippen LogP contribution in [0.15, 0.2) is 259 Å². The Morgan fingerprint density at radius 2 is 1.10 bits per heavy atom. The number of nitrogens with zero attached hydrogens (tertiary/aromatic N) is 14. The number of aryl methyl sites for hydroxylation is 1. The van der Waals surface area contributed by atoms with Gasteiger partial charge in [0.1, 0.15) is 30.7 Å². The minimum Gasteiger partial charge on any atom is -1.00 e. The Kier molecular flexibility index (Phi) is 37.6. The summed E-state index contributed by atoms with van der Waals surface area (Å²) in [4.78, 5) is 24.5. The molecule has 0 amide bonds. The summed E-state index contributed by atoms with van der Waals surface area (Å²) >= 11 is 5.70. The van der Waals surface area contributed by atoms with Crippen molar-refractivity contribution >= 4 is 90.5 Å². The van der Waals surface area contributed by atoms with Gasteiger partial charge in [-0.2, -0.15) is 21.8 Å². The minimum absolute atomic E-state index is 0. The minimum atomic E-state index is -3.67. The molecular formula is C69H55BF6Ir3N14OP2S4-4. The van der Waals surface area contributed by atoms with Crippen LogP contribution in [-0.2, 0) is 67.4 Å². The Bertz CT molecular complexity index is 4190. The second-order valence-corrected chi connectivity index (χ2v) is 27.2. The van der Waals surface area contributed by atoms with E-state index in [0.29, 0.717) is 28.9 Å². The van der Waals surface area contributed by atoms with Crippen LogP contribution < -0.4 is 35.8 Å². The topological polar surface area (TPSA) is 175 Å². The number of pyridine rings is 2. The van der Waals surface area contributed by atoms with Gasteiger partial charge in [0.15, 0.2) is 0 Å². The summed E-state index contributed by atoms with van der Waals surface area (Å²) in [7, 11) is -1.80. The second kappa shape index (κ2) is 45.6. The summed E-state index contributed by atoms with van der Waals surface area (Å²) in [6.45, 7) is 0. The standard InChI is InChI=1S/C26H24P2.C13H9N4.C12H8F2NO.C7H6N3S.C6H3N2S2.C5H3N4S.BF3.FH.3Ir/c1-5-13-23(14-6-1)27(24-15-7-2-8-16-24)21-22-28(25-17-9-3-10-18-25)26-19-11-4-12-20-26;1-2-6-10(7-3-1)12-15-13(17-16-12)11-8-4-5-9-14-11;1-16-9-4-5-15-12(7-9)10-3-2-8(13)6-11(10)14;1-10-4-7(8-5-10)6-2-3-11-9-6;1-2-10-8-5(1)6-3-9-4-7-6;1-2-10-8-5(1)9-4-6-3-7-9;2-1(3)4;;;;/h1-20H,21-22H2;1-9H;2,4-7H,1H3;3-5H,1H3;2*2-4H;;1H;;;/q;5*-1;;;;;/p+1. The summed E-state index contributed by atoms with van der Waals surface area (Å²) in [6, 6.07) is 76.4. The van der Waals surface area contributed by atoms with Crippen LogP contribution in [0.2, 0.25) is 0 Å². The molecule has 0 aliphatic carbocycles. The summed E-state index contributed by atoms with van der Waals surface area (Å²) < 4.78 is 75.8. The average molecular weight is 1990 g/mol. The molecule has 0 aliphatic rings. The number of imidazole rings is 1. The number of hydrogen-bond acceptors (Lipinski definition) is 16. The molecule has 0 atom stereocenters. The van der Waals surface area contributed by atoms with E-state index in [1.165, 1.54) is 87.8 Å². The Hall–Kier alpha value is -8.12. The largest absolute Gasteiger partial charge is 1.00 e. The Morgan fingerprint density at radius 1 is 0.570 bits per heavy atom. The van der Waals surface area contributed by atoms with E-state index in [9.17, 15) is 21.7 Å². The van der Waals surface area contributed by atoms with Crippen molar-refractivity contribution < 1.29 is 91.5 Å². The van der Waals surface area contributed by atoms with E-state index in [4.69, 9.17) is 4.74 Å². The van der Waals surface area contributed by atoms with Gasteiger partial charge in [-0.05, 0) is 101 Å². The fraction of sp³-hybridized carbons (Fsp3) is 0.0580. The van der Waals surface area contributed by atoms with Gasteiger partial charge in [0, 0.05) is 91.4 Å². The number of benzene rings is 6. The maximum Gasteiger partial charge on any atom is 0.762 e. The molecule has 6 aromatic carbocycles. The van der Waals surface area contributed by atoms with Gasteiger partial charge in [0.05, 0.1) is 67.5 Å². The van der Waals surface area contributed by atoms with Crippen molar-refractivity contribution in [2.75, 3.05) is 19.4 Å². The van der Waals surface area contributed by atoms with Crippen molar-refractivity contribution in [1.29, 1.82) is 0 Å². The molecule has 0 saturated carbocycles. The fourth-order valence-electron chi connectivity index (χ4n) is 8.68. The van der Waals surface area contributed by atoms with E-state index >= 15 is 0 Å². The summed E-state index contributed by atoms with van der Waals surface area (Å²) in [5, 5.41) is 25.4. The fourth-order valence-corrected chi connectivity index (χ4v) is 16.8. The first kappa shape index (κ1) is 82.6. The molecule has 15 nitrogen and oxygen atoms in total. The van der Waals surface area contributed by atoms with Crippen LogP contribution in [0.5, 0.6) is 5.75 Å². The van der Waals surface area contributed by atoms with Crippen LogP contribution in [0.1, 0.15) is 0 Å². The first-order chi connectivity index (χ1) is 47.1. The Balaban J connectivity index is 0.000000221. The molecule has 15 rings (SSSR count). The summed E-state index contributed by atoms with van der Waals surface area (Å²) in [5.74, 6) is 1.09. The van der Waals surface area contributed by atoms with E-state index in [1.807, 2.05) is 82.5 Å². The second-order valence-electron chi connectivity index (χ2n) is 19.4. The van der Waals surface area contributed by atoms with Crippen molar-refractivity contribution in [2.45, 2.75) is 0 Å². The Labute approximate surface area is 633 Å². The number of aromatic nitrogens is 14. The first-order valence-corrected chi connectivity index (χ1v) is 35.7. The van der Waals surface area contributed by atoms with E-state index in [1.54, 1.807) is 57.9 Å². The normalized spacial score (nSPS) is 9.89. The molecule has 0 saturated heterocycles. The van der Waals surface area contributed by atoms with Crippen molar-refractivity contribution in [1.82, 2.24) is 67.6 Å². The van der Waals surface area contributed by atoms with E-state index in [0.717, 1.165) is 46.2 Å². The predicted octanol–water partition coefficient (Wildman–Crippen LogP) is 11.5. The van der Waals surface area contributed by atoms with E-state index < -0.39 is 35.0 Å². The molecule has 0 fully saturated rings. The summed E-state index contributed by atoms with van der Waals surface area (Å²) in [6.07, 6.45) is 12.5. The molecule has 517 valence electrons. The van der Waals surface area contributed by atoms with E-state index in [-0.39, 0.29) is 70.6 Å². The molecule has 9 aromatic heterocycles. The van der Waals surface area contributed by atoms with Gasteiger partial charge in [0.2, 0.25) is 0 Å². The van der Waals surface area contributed by atoms with Crippen LogP contribution >= 0.6 is 61.8 Å². The third-order valence-corrected chi connectivity index (χ3v) is 21.2. The zero-order valence-corrected chi connectivity index (χ0v) is 64.8. The summed E-state index contributed by atoms with van der Waals surface area (Å²) in [5.41, 5.74) is 7.46. The van der Waals surface area contributed by atoms with Crippen LogP contribution in [0.4, 0.5) is 21.7 Å². The molecular weight excluding hydrogens is 1930 g/mol. The molecule has 0 unspecified atom stereocenters. The van der Waals surface area contributed by atoms with E-state index in [2.05, 4.69) is 204 Å². The van der Waals surface area contributed by atoms with Gasteiger partial charge in [-0.25, -0.2) is 34.9 Å². The van der Waals surface area contributed by atoms with Crippen molar-refractivity contribution in [2.24, 2.45) is 7.05 Å². The molecule has 0 spiro atoms. The number of ether oxygens (including phenoxy) is 1. The SMILES string of the molecule is COc1ccnc(-c2[c-]cc(F)cc2F)c1.Cn1cnc(-c2[c-]csn2)c1.FB(F)F.[F-].[Ir].[Ir].[Ir].[c-]1csnc1-c1cscn1.[c-]1csnc1-n1cncn1.c1ccc(-c2n[n-]c(-c3ccccn3)n2)cc1.c1ccc([PH+](CC[PH+](c2ccccc2)c2ccccc2)c2ccccc2)cc1. The maximum atomic E-state index is 13.4. The Morgan fingerprint density at radius 3 is 1.55 bits per heavy atom. The zero-order valence-electron chi connectivity index (χ0n) is 52.4. The van der Waals surface area contributed by atoms with Gasteiger partial charge in [-0.3, -0.25) is 31.8 Å². The monoisotopic (exact) mass is 1990 g/mol. The van der Waals surface area contributed by atoms with Gasteiger partial charge in [0.25, 0.3) is 0 Å². The van der Waals surface area contributed by atoms with Gasteiger partial charge < -0.3 is 45.1 Å². The van der Waals surface area contributed by atoms with Crippen LogP contribution in [0.3, 0.4) is 0 Å². The molecule has 31 heteroatoms. The van der Waals surface area contributed by atoms with Crippen molar-refractivity contribution in [3.8, 4) is 68.5 Å². The average Bonchev–Trinajstić information content (AvgIpc) is 1.10. The maximum absolute atomic E-state index is 13.4. The number of hydrogen-bond donors (Lipinski definition) is 0. The van der Waals surface area contributed by atoms with Crippen LogP contribution in [-0.4, -0.2) is 89.4 Å². The van der Waals surface area contributed by atoms with Crippen LogP contribution in [0.25, 0.3) is 62.8 Å². The van der Waals surface area contributed by atoms with Gasteiger partial charge in [-0.1, -0.05) is 195 Å². The number of halogens is 6. The first-order valence-electron chi connectivity index (χ1n) is 28.8. The van der Waals surface area contributed by atoms with Crippen molar-refractivity contribution in [3.05, 3.63) is 295 Å². The molecule has 0 aliphatic heterocycles. The smallest absolute Gasteiger partial charge is 0.762 e. The quantitative estimate of drug-likeness (QED) is 0.0436. The molecule has 3 radical (unpaired) electrons. The van der Waals surface area contributed by atoms with Crippen molar-refractivity contribution in [3.63, 3.8) is 0 Å². The predicted molar refractivity (Wildman–Crippen MR) is 380 cm³/mol. The molecule has 100 heavy (non-hydrogen) atoms. The number of methoxy groups -OCH3 is 1. The third-order valence-electron chi connectivity index (χ3n) is 13.0. The zero-order chi connectivity index (χ0) is 66.9. The molecule has 9 heterocycles. The van der Waals surface area contributed by atoms with Gasteiger partial charge in [-0.15, -0.1) is 12.1 Å². The molecule has 0 N–H and O–H groups in total. The third kappa shape index (κ3) is 26.8.